The van der Waals surface area contributed by atoms with E-state index in [0.29, 0.717) is 6.07 Å². The molecule has 1 aromatic rings. The fourth-order valence-corrected chi connectivity index (χ4v) is 2.51. The first-order chi connectivity index (χ1) is 10.8. The molecule has 3 N–H and O–H groups in total. The summed E-state index contributed by atoms with van der Waals surface area (Å²) in [6, 6.07) is 0.967. The standard InChI is InChI=1S/C15H17F6NO2/c1-7(6-11(22)13(23)24)8(2)9-4-3-5-10(14(16,17)18)12(9)15(19,20)21/h3-5,7-8,11H,6,22H2,1-2H3,(H,23,24). The second-order valence-electron chi connectivity index (χ2n) is 5.71. The molecule has 0 bridgehead atoms. The maximum Gasteiger partial charge on any atom is 0.417 e. The zero-order valence-electron chi connectivity index (χ0n) is 12.9. The number of rotatable bonds is 5. The van der Waals surface area contributed by atoms with E-state index in [1.807, 2.05) is 0 Å². The minimum Gasteiger partial charge on any atom is -0.480 e. The number of alkyl halides is 6. The Morgan fingerprint density at radius 3 is 2.08 bits per heavy atom. The van der Waals surface area contributed by atoms with Crippen LogP contribution in [-0.4, -0.2) is 17.1 Å². The van der Waals surface area contributed by atoms with Crippen LogP contribution in [0.25, 0.3) is 0 Å². The highest BCUT2D eigenvalue weighted by molar-refractivity contribution is 5.73. The average Bonchev–Trinajstić information content (AvgIpc) is 2.43. The van der Waals surface area contributed by atoms with Gasteiger partial charge in [-0.15, -0.1) is 0 Å². The molecule has 0 fully saturated rings. The third-order valence-corrected chi connectivity index (χ3v) is 3.97. The maximum absolute atomic E-state index is 13.2. The van der Waals surface area contributed by atoms with E-state index >= 15 is 0 Å². The van der Waals surface area contributed by atoms with Crippen LogP contribution >= 0.6 is 0 Å². The van der Waals surface area contributed by atoms with Crippen molar-refractivity contribution in [2.45, 2.75) is 44.6 Å². The summed E-state index contributed by atoms with van der Waals surface area (Å²) in [6.45, 7) is 2.78. The normalized spacial score (nSPS) is 16.5. The summed E-state index contributed by atoms with van der Waals surface area (Å²) in [4.78, 5) is 10.8. The Morgan fingerprint density at radius 1 is 1.12 bits per heavy atom. The molecule has 0 amide bonds. The van der Waals surface area contributed by atoms with E-state index in [1.54, 1.807) is 0 Å². The van der Waals surface area contributed by atoms with Crippen molar-refractivity contribution in [3.63, 3.8) is 0 Å². The number of carboxylic acids is 1. The topological polar surface area (TPSA) is 63.3 Å². The molecule has 24 heavy (non-hydrogen) atoms. The van der Waals surface area contributed by atoms with Gasteiger partial charge in [-0.2, -0.15) is 26.3 Å². The Kier molecular flexibility index (Phi) is 5.91. The first-order valence-electron chi connectivity index (χ1n) is 7.02. The van der Waals surface area contributed by atoms with Gasteiger partial charge in [-0.25, -0.2) is 0 Å². The lowest BCUT2D eigenvalue weighted by molar-refractivity contribution is -0.162. The second kappa shape index (κ2) is 7.00. The number of carbonyl (C=O) groups is 1. The van der Waals surface area contributed by atoms with Crippen LogP contribution in [0.3, 0.4) is 0 Å². The van der Waals surface area contributed by atoms with Crippen LogP contribution < -0.4 is 5.73 Å². The molecule has 9 heteroatoms. The quantitative estimate of drug-likeness (QED) is 0.774. The number of hydrogen-bond acceptors (Lipinski definition) is 2. The molecule has 3 atom stereocenters. The van der Waals surface area contributed by atoms with Crippen molar-refractivity contribution >= 4 is 5.97 Å². The van der Waals surface area contributed by atoms with Crippen molar-refractivity contribution in [3.05, 3.63) is 34.9 Å². The molecule has 0 radical (unpaired) electrons. The molecule has 136 valence electrons. The fourth-order valence-electron chi connectivity index (χ4n) is 2.51. The van der Waals surface area contributed by atoms with Crippen molar-refractivity contribution in [3.8, 4) is 0 Å². The van der Waals surface area contributed by atoms with Gasteiger partial charge < -0.3 is 10.8 Å². The Balaban J connectivity index is 3.35. The SMILES string of the molecule is CC(CC(N)C(=O)O)C(C)c1cccc(C(F)(F)F)c1C(F)(F)F. The minimum absolute atomic E-state index is 0.163. The highest BCUT2D eigenvalue weighted by Gasteiger charge is 2.45. The van der Waals surface area contributed by atoms with Crippen molar-refractivity contribution in [1.82, 2.24) is 0 Å². The molecule has 0 aliphatic heterocycles. The predicted molar refractivity (Wildman–Crippen MR) is 74.3 cm³/mol. The number of aliphatic carboxylic acids is 1. The Hall–Kier alpha value is -1.77. The zero-order valence-corrected chi connectivity index (χ0v) is 12.9. The monoisotopic (exact) mass is 357 g/mol. The molecule has 3 unspecified atom stereocenters. The molecule has 0 spiro atoms. The smallest absolute Gasteiger partial charge is 0.417 e. The minimum atomic E-state index is -5.19. The first-order valence-corrected chi connectivity index (χ1v) is 7.02. The number of benzene rings is 1. The first kappa shape index (κ1) is 20.3. The largest absolute Gasteiger partial charge is 0.480 e. The molecular weight excluding hydrogens is 340 g/mol. The number of halogens is 6. The molecule has 3 nitrogen and oxygen atoms in total. The summed E-state index contributed by atoms with van der Waals surface area (Å²) in [5.41, 5.74) is 1.34. The molecule has 0 aromatic heterocycles. The average molecular weight is 357 g/mol. The van der Waals surface area contributed by atoms with E-state index in [4.69, 9.17) is 10.8 Å². The predicted octanol–water partition coefficient (Wildman–Crippen LogP) is 4.27. The lowest BCUT2D eigenvalue weighted by atomic mass is 9.81. The third kappa shape index (κ3) is 4.62. The van der Waals surface area contributed by atoms with Crippen LogP contribution in [0.2, 0.25) is 0 Å². The summed E-state index contributed by atoms with van der Waals surface area (Å²) in [6.07, 6.45) is -10.5. The summed E-state index contributed by atoms with van der Waals surface area (Å²) in [5, 5.41) is 8.76. The Morgan fingerprint density at radius 2 is 1.67 bits per heavy atom. The lowest BCUT2D eigenvalue weighted by Gasteiger charge is -2.27. The van der Waals surface area contributed by atoms with Gasteiger partial charge in [-0.3, -0.25) is 4.79 Å². The molecule has 0 heterocycles. The van der Waals surface area contributed by atoms with Gasteiger partial charge in [-0.1, -0.05) is 26.0 Å². The van der Waals surface area contributed by atoms with Crippen LogP contribution in [0, 0.1) is 5.92 Å². The van der Waals surface area contributed by atoms with Crippen molar-refractivity contribution < 1.29 is 36.2 Å². The highest BCUT2D eigenvalue weighted by atomic mass is 19.4. The van der Waals surface area contributed by atoms with E-state index in [9.17, 15) is 31.1 Å². The number of nitrogens with two attached hydrogens (primary N) is 1. The van der Waals surface area contributed by atoms with E-state index in [1.165, 1.54) is 13.8 Å². The van der Waals surface area contributed by atoms with E-state index in [-0.39, 0.29) is 6.42 Å². The molecule has 0 aliphatic rings. The molecule has 0 aliphatic carbocycles. The van der Waals surface area contributed by atoms with Gasteiger partial charge in [0.05, 0.1) is 11.1 Å². The fraction of sp³-hybridized carbons (Fsp3) is 0.533. The van der Waals surface area contributed by atoms with Gasteiger partial charge in [-0.05, 0) is 29.9 Å². The van der Waals surface area contributed by atoms with Gasteiger partial charge in [0.15, 0.2) is 0 Å². The van der Waals surface area contributed by atoms with Crippen molar-refractivity contribution in [2.24, 2.45) is 11.7 Å². The van der Waals surface area contributed by atoms with E-state index < -0.39 is 52.9 Å². The molecule has 0 saturated heterocycles. The van der Waals surface area contributed by atoms with Crippen LogP contribution in [-0.2, 0) is 17.1 Å². The highest BCUT2D eigenvalue weighted by Crippen LogP contribution is 2.45. The molecular formula is C15H17F6NO2. The van der Waals surface area contributed by atoms with Crippen LogP contribution in [0.1, 0.15) is 42.9 Å². The van der Waals surface area contributed by atoms with Gasteiger partial charge in [0.1, 0.15) is 6.04 Å². The van der Waals surface area contributed by atoms with Gasteiger partial charge in [0.2, 0.25) is 0 Å². The van der Waals surface area contributed by atoms with Crippen molar-refractivity contribution in [2.75, 3.05) is 0 Å². The Bertz CT molecular complexity index is 597. The lowest BCUT2D eigenvalue weighted by Crippen LogP contribution is -2.33. The zero-order chi connectivity index (χ0) is 18.9. The second-order valence-corrected chi connectivity index (χ2v) is 5.71. The summed E-state index contributed by atoms with van der Waals surface area (Å²) in [5.74, 6) is -2.95. The molecule has 1 rings (SSSR count). The third-order valence-electron chi connectivity index (χ3n) is 3.97. The van der Waals surface area contributed by atoms with Crippen LogP contribution in [0.15, 0.2) is 18.2 Å². The van der Waals surface area contributed by atoms with Gasteiger partial charge >= 0.3 is 18.3 Å². The number of carboxylic acid groups (broad SMARTS) is 1. The number of hydrogen-bond donors (Lipinski definition) is 2. The summed E-state index contributed by atoms with van der Waals surface area (Å²) in [7, 11) is 0. The van der Waals surface area contributed by atoms with E-state index in [2.05, 4.69) is 0 Å². The summed E-state index contributed by atoms with van der Waals surface area (Å²) < 4.78 is 78.5. The Labute approximate surface area is 134 Å². The van der Waals surface area contributed by atoms with Crippen LogP contribution in [0.4, 0.5) is 26.3 Å². The summed E-state index contributed by atoms with van der Waals surface area (Å²) >= 11 is 0. The van der Waals surface area contributed by atoms with Crippen molar-refractivity contribution in [1.29, 1.82) is 0 Å². The molecule has 1 aromatic carbocycles. The van der Waals surface area contributed by atoms with Crippen LogP contribution in [0.5, 0.6) is 0 Å². The van der Waals surface area contributed by atoms with Gasteiger partial charge in [0.25, 0.3) is 0 Å². The molecule has 0 saturated carbocycles. The van der Waals surface area contributed by atoms with E-state index in [0.717, 1.165) is 12.1 Å². The maximum atomic E-state index is 13.2. The van der Waals surface area contributed by atoms with Gasteiger partial charge in [0, 0.05) is 0 Å².